The molecule has 0 saturated carbocycles. The molecule has 1 atom stereocenters. The van der Waals surface area contributed by atoms with E-state index < -0.39 is 11.1 Å². The lowest BCUT2D eigenvalue weighted by Gasteiger charge is -2.06. The summed E-state index contributed by atoms with van der Waals surface area (Å²) in [5.41, 5.74) is 2.39. The van der Waals surface area contributed by atoms with Gasteiger partial charge >= 0.3 is 0 Å². The average molecular weight is 204 g/mol. The number of rotatable bonds is 3. The van der Waals surface area contributed by atoms with Gasteiger partial charge in [-0.25, -0.2) is 4.98 Å². The molecule has 5 heteroatoms. The first kappa shape index (κ1) is 9.83. The minimum absolute atomic E-state index is 0.0387. The molecule has 0 aliphatic heterocycles. The highest BCUT2D eigenvalue weighted by Gasteiger charge is 2.09. The topological polar surface area (TPSA) is 53.0 Å². The Kier molecular flexibility index (Phi) is 3.37. The van der Waals surface area contributed by atoms with Crippen molar-refractivity contribution in [3.8, 4) is 0 Å². The zero-order chi connectivity index (χ0) is 9.14. The predicted molar refractivity (Wildman–Crippen MR) is 48.8 cm³/mol. The van der Waals surface area contributed by atoms with Gasteiger partial charge in [0.1, 0.15) is 0 Å². The fourth-order valence-electron chi connectivity index (χ4n) is 0.968. The Morgan fingerprint density at radius 2 is 2.42 bits per heavy atom. The molecule has 12 heavy (non-hydrogen) atoms. The molecule has 1 unspecified atom stereocenters. The minimum atomic E-state index is -2.03. The lowest BCUT2D eigenvalue weighted by molar-refractivity contribution is 0.535. The van der Waals surface area contributed by atoms with Crippen molar-refractivity contribution in [3.63, 3.8) is 0 Å². The van der Waals surface area contributed by atoms with Crippen molar-refractivity contribution >= 4 is 22.4 Å². The first-order chi connectivity index (χ1) is 5.61. The van der Waals surface area contributed by atoms with Crippen LogP contribution in [0, 0.1) is 0 Å². The molecule has 0 amide bonds. The summed E-state index contributed by atoms with van der Waals surface area (Å²) in [6.45, 7) is 4.06. The van der Waals surface area contributed by atoms with Crippen LogP contribution in [0.1, 0.15) is 30.3 Å². The van der Waals surface area contributed by atoms with Crippen LogP contribution in [0.5, 0.6) is 0 Å². The fraction of sp³-hybridized carbons (Fsp3) is 0.571. The van der Waals surface area contributed by atoms with E-state index in [1.807, 2.05) is 13.8 Å². The molecule has 0 radical (unpaired) electrons. The lowest BCUT2D eigenvalue weighted by atomic mass is 10.1. The lowest BCUT2D eigenvalue weighted by Crippen LogP contribution is -1.98. The van der Waals surface area contributed by atoms with Gasteiger partial charge in [-0.15, -0.1) is 11.3 Å². The zero-order valence-corrected chi connectivity index (χ0v) is 8.58. The van der Waals surface area contributed by atoms with Crippen molar-refractivity contribution in [2.24, 2.45) is 0 Å². The molecule has 68 valence electrons. The highest BCUT2D eigenvalue weighted by molar-refractivity contribution is 7.78. The van der Waals surface area contributed by atoms with Crippen LogP contribution in [0.2, 0.25) is 0 Å². The maximum atomic E-state index is 10.4. The molecular formula is C7H10NO2S2-. The van der Waals surface area contributed by atoms with Crippen molar-refractivity contribution in [3.05, 3.63) is 16.1 Å². The Bertz CT molecular complexity index is 283. The van der Waals surface area contributed by atoms with Crippen LogP contribution in [0.4, 0.5) is 0 Å². The second kappa shape index (κ2) is 4.11. The Balaban J connectivity index is 2.84. The van der Waals surface area contributed by atoms with Gasteiger partial charge in [-0.05, 0) is 17.0 Å². The number of aromatic nitrogens is 1. The van der Waals surface area contributed by atoms with E-state index in [9.17, 15) is 8.76 Å². The first-order valence-corrected chi connectivity index (χ1v) is 5.71. The van der Waals surface area contributed by atoms with Crippen LogP contribution >= 0.6 is 11.3 Å². The first-order valence-electron chi connectivity index (χ1n) is 3.59. The predicted octanol–water partition coefficient (Wildman–Crippen LogP) is 1.65. The molecular weight excluding hydrogens is 194 g/mol. The van der Waals surface area contributed by atoms with Crippen molar-refractivity contribution in [2.45, 2.75) is 25.5 Å². The summed E-state index contributed by atoms with van der Waals surface area (Å²) in [6, 6.07) is 0. The van der Waals surface area contributed by atoms with Crippen molar-refractivity contribution in [1.82, 2.24) is 4.98 Å². The van der Waals surface area contributed by atoms with Crippen LogP contribution in [0.25, 0.3) is 0 Å². The fourth-order valence-corrected chi connectivity index (χ4v) is 2.34. The number of hydrogen-bond donors (Lipinski definition) is 0. The normalized spacial score (nSPS) is 13.7. The molecule has 1 rings (SSSR count). The molecule has 0 aliphatic rings. The zero-order valence-electron chi connectivity index (χ0n) is 6.94. The van der Waals surface area contributed by atoms with Crippen LogP contribution in [-0.4, -0.2) is 13.7 Å². The van der Waals surface area contributed by atoms with E-state index in [0.717, 1.165) is 4.88 Å². The van der Waals surface area contributed by atoms with Gasteiger partial charge in [0, 0.05) is 4.88 Å². The van der Waals surface area contributed by atoms with Crippen LogP contribution in [-0.2, 0) is 16.8 Å². The molecule has 0 aliphatic carbocycles. The summed E-state index contributed by atoms with van der Waals surface area (Å²) < 4.78 is 20.8. The van der Waals surface area contributed by atoms with Gasteiger partial charge in [0.25, 0.3) is 0 Å². The quantitative estimate of drug-likeness (QED) is 0.703. The van der Waals surface area contributed by atoms with Crippen LogP contribution in [0.3, 0.4) is 0 Å². The molecule has 1 aromatic rings. The molecule has 0 aromatic carbocycles. The van der Waals surface area contributed by atoms with E-state index in [1.165, 1.54) is 11.3 Å². The molecule has 1 heterocycles. The summed E-state index contributed by atoms with van der Waals surface area (Å²) in [7, 11) is 0. The SMILES string of the molecule is CC(C)c1scnc1CS(=O)[O-]. The minimum Gasteiger partial charge on any atom is -0.772 e. The Morgan fingerprint density at radius 3 is 2.92 bits per heavy atom. The smallest absolute Gasteiger partial charge is 0.0798 e. The average Bonchev–Trinajstić information content (AvgIpc) is 2.33. The van der Waals surface area contributed by atoms with Crippen LogP contribution in [0.15, 0.2) is 5.51 Å². The summed E-state index contributed by atoms with van der Waals surface area (Å²) in [5, 5.41) is 0. The Labute approximate surface area is 78.1 Å². The monoisotopic (exact) mass is 204 g/mol. The molecule has 0 bridgehead atoms. The van der Waals surface area contributed by atoms with Gasteiger partial charge in [-0.3, -0.25) is 4.21 Å². The molecule has 0 N–H and O–H groups in total. The summed E-state index contributed by atoms with van der Waals surface area (Å²) in [4.78, 5) is 5.07. The highest BCUT2D eigenvalue weighted by Crippen LogP contribution is 2.23. The van der Waals surface area contributed by atoms with Crippen molar-refractivity contribution in [1.29, 1.82) is 0 Å². The third-order valence-corrected chi connectivity index (χ3v) is 3.13. The molecule has 0 spiro atoms. The van der Waals surface area contributed by atoms with Crippen LogP contribution < -0.4 is 0 Å². The third-order valence-electron chi connectivity index (χ3n) is 1.45. The number of thiazole rings is 1. The van der Waals surface area contributed by atoms with Crippen molar-refractivity contribution in [2.75, 3.05) is 0 Å². The van der Waals surface area contributed by atoms with Gasteiger partial charge in [0.2, 0.25) is 0 Å². The van der Waals surface area contributed by atoms with Gasteiger partial charge in [0.15, 0.2) is 0 Å². The van der Waals surface area contributed by atoms with Gasteiger partial charge in [-0.2, -0.15) is 0 Å². The maximum absolute atomic E-state index is 10.4. The van der Waals surface area contributed by atoms with E-state index in [1.54, 1.807) is 5.51 Å². The summed E-state index contributed by atoms with van der Waals surface area (Å²) in [5.74, 6) is 0.396. The van der Waals surface area contributed by atoms with E-state index in [-0.39, 0.29) is 5.75 Å². The van der Waals surface area contributed by atoms with E-state index in [4.69, 9.17) is 0 Å². The van der Waals surface area contributed by atoms with E-state index in [0.29, 0.717) is 11.6 Å². The van der Waals surface area contributed by atoms with E-state index >= 15 is 0 Å². The highest BCUT2D eigenvalue weighted by atomic mass is 32.2. The van der Waals surface area contributed by atoms with Gasteiger partial charge in [-0.1, -0.05) is 13.8 Å². The number of nitrogens with zero attached hydrogens (tertiary/aromatic N) is 1. The second-order valence-electron chi connectivity index (χ2n) is 2.77. The summed E-state index contributed by atoms with van der Waals surface area (Å²) >= 11 is -0.512. The second-order valence-corrected chi connectivity index (χ2v) is 4.55. The number of hydrogen-bond acceptors (Lipinski definition) is 4. The largest absolute Gasteiger partial charge is 0.772 e. The summed E-state index contributed by atoms with van der Waals surface area (Å²) in [6.07, 6.45) is 0. The van der Waals surface area contributed by atoms with E-state index in [2.05, 4.69) is 4.98 Å². The maximum Gasteiger partial charge on any atom is 0.0798 e. The molecule has 0 saturated heterocycles. The Hall–Kier alpha value is -0.260. The Morgan fingerprint density at radius 1 is 1.75 bits per heavy atom. The van der Waals surface area contributed by atoms with Gasteiger partial charge in [0.05, 0.1) is 17.0 Å². The molecule has 0 fully saturated rings. The van der Waals surface area contributed by atoms with Gasteiger partial charge < -0.3 is 4.55 Å². The van der Waals surface area contributed by atoms with Crippen molar-refractivity contribution < 1.29 is 8.76 Å². The third kappa shape index (κ3) is 2.36. The standard InChI is InChI=1S/C7H11NO2S2/c1-5(2)7-6(3-12(9)10)8-4-11-7/h4-5H,3H2,1-2H3,(H,9,10)/p-1. The molecule has 3 nitrogen and oxygen atoms in total. The molecule has 1 aromatic heterocycles.